The molecule has 0 aliphatic heterocycles. The fourth-order valence-corrected chi connectivity index (χ4v) is 2.69. The molecule has 0 spiro atoms. The summed E-state index contributed by atoms with van der Waals surface area (Å²) >= 11 is 0. The summed E-state index contributed by atoms with van der Waals surface area (Å²) in [5.74, 6) is 0. The SMILES string of the molecule is CC.CCN=C/C(C)=C\CC(C)=N/C(=C\Nc1ccc(S(N)(=O)=O)cc1)C(F)(CF)CF. The van der Waals surface area contributed by atoms with Gasteiger partial charge in [0.1, 0.15) is 13.3 Å². The van der Waals surface area contributed by atoms with Gasteiger partial charge in [-0.2, -0.15) is 0 Å². The molecule has 0 saturated carbocycles. The third-order valence-electron chi connectivity index (χ3n) is 3.95. The summed E-state index contributed by atoms with van der Waals surface area (Å²) in [7, 11) is -3.86. The third kappa shape index (κ3) is 10.2. The maximum absolute atomic E-state index is 14.7. The Morgan fingerprint density at radius 3 is 2.19 bits per heavy atom. The van der Waals surface area contributed by atoms with Gasteiger partial charge in [-0.3, -0.25) is 9.98 Å². The summed E-state index contributed by atoms with van der Waals surface area (Å²) in [6.45, 7) is 6.83. The fraction of sp³-hybridized carbons (Fsp3) is 0.455. The molecule has 32 heavy (non-hydrogen) atoms. The Morgan fingerprint density at radius 2 is 1.72 bits per heavy atom. The Bertz CT molecular complexity index is 921. The largest absolute Gasteiger partial charge is 0.360 e. The van der Waals surface area contributed by atoms with Gasteiger partial charge >= 0.3 is 0 Å². The van der Waals surface area contributed by atoms with E-state index in [2.05, 4.69) is 15.3 Å². The molecule has 6 nitrogen and oxygen atoms in total. The average molecular weight is 475 g/mol. The number of halogens is 3. The molecule has 0 fully saturated rings. The molecule has 1 rings (SSSR count). The summed E-state index contributed by atoms with van der Waals surface area (Å²) in [5.41, 5.74) is -1.67. The second-order valence-electron chi connectivity index (χ2n) is 6.60. The molecular formula is C22H33F3N4O2S. The highest BCUT2D eigenvalue weighted by atomic mass is 32.2. The first-order valence-corrected chi connectivity index (χ1v) is 11.7. The van der Waals surface area contributed by atoms with Crippen molar-refractivity contribution in [1.29, 1.82) is 0 Å². The van der Waals surface area contributed by atoms with Crippen LogP contribution in [0.2, 0.25) is 0 Å². The van der Waals surface area contributed by atoms with Gasteiger partial charge in [0, 0.05) is 36.8 Å². The Kier molecular flexibility index (Phi) is 13.5. The van der Waals surface area contributed by atoms with E-state index in [-0.39, 0.29) is 4.90 Å². The van der Waals surface area contributed by atoms with Crippen molar-refractivity contribution in [3.8, 4) is 0 Å². The Balaban J connectivity index is 0.00000466. The highest BCUT2D eigenvalue weighted by molar-refractivity contribution is 7.89. The van der Waals surface area contributed by atoms with Crippen LogP contribution in [0.4, 0.5) is 18.9 Å². The van der Waals surface area contributed by atoms with Crippen molar-refractivity contribution in [2.45, 2.75) is 51.6 Å². The zero-order valence-electron chi connectivity index (χ0n) is 19.2. The maximum atomic E-state index is 14.7. The number of benzene rings is 1. The maximum Gasteiger partial charge on any atom is 0.238 e. The van der Waals surface area contributed by atoms with E-state index in [1.54, 1.807) is 13.1 Å². The van der Waals surface area contributed by atoms with Crippen LogP contribution >= 0.6 is 0 Å². The van der Waals surface area contributed by atoms with E-state index >= 15 is 0 Å². The molecular weight excluding hydrogens is 441 g/mol. The highest BCUT2D eigenvalue weighted by Crippen LogP contribution is 2.26. The van der Waals surface area contributed by atoms with Crippen molar-refractivity contribution in [2.24, 2.45) is 15.1 Å². The van der Waals surface area contributed by atoms with E-state index in [1.807, 2.05) is 33.8 Å². The second-order valence-corrected chi connectivity index (χ2v) is 8.16. The van der Waals surface area contributed by atoms with E-state index in [4.69, 9.17) is 5.14 Å². The lowest BCUT2D eigenvalue weighted by molar-refractivity contribution is 0.122. The minimum absolute atomic E-state index is 0.104. The topological polar surface area (TPSA) is 96.9 Å². The molecule has 0 atom stereocenters. The lowest BCUT2D eigenvalue weighted by Crippen LogP contribution is -2.31. The molecule has 3 N–H and O–H groups in total. The van der Waals surface area contributed by atoms with Crippen LogP contribution < -0.4 is 10.5 Å². The zero-order chi connectivity index (χ0) is 24.8. The van der Waals surface area contributed by atoms with E-state index in [0.717, 1.165) is 11.8 Å². The molecule has 0 aliphatic carbocycles. The number of sulfonamides is 1. The van der Waals surface area contributed by atoms with Crippen molar-refractivity contribution in [2.75, 3.05) is 25.2 Å². The third-order valence-corrected chi connectivity index (χ3v) is 4.88. The smallest absolute Gasteiger partial charge is 0.238 e. The number of alkyl halides is 3. The molecule has 0 unspecified atom stereocenters. The lowest BCUT2D eigenvalue weighted by atomic mass is 10.1. The normalized spacial score (nSPS) is 13.7. The first-order chi connectivity index (χ1) is 15.1. The van der Waals surface area contributed by atoms with E-state index in [0.29, 0.717) is 24.4 Å². The summed E-state index contributed by atoms with van der Waals surface area (Å²) in [6, 6.07) is 5.26. The number of hydrogen-bond donors (Lipinski definition) is 2. The molecule has 0 amide bonds. The van der Waals surface area contributed by atoms with Crippen LogP contribution in [0.15, 0.2) is 62.7 Å². The van der Waals surface area contributed by atoms with Crippen LogP contribution in [-0.2, 0) is 10.0 Å². The predicted molar refractivity (Wildman–Crippen MR) is 127 cm³/mol. The van der Waals surface area contributed by atoms with Crippen LogP contribution in [0.25, 0.3) is 0 Å². The monoisotopic (exact) mass is 474 g/mol. The van der Waals surface area contributed by atoms with Crippen molar-refractivity contribution < 1.29 is 21.6 Å². The van der Waals surface area contributed by atoms with E-state index < -0.39 is 34.7 Å². The lowest BCUT2D eigenvalue weighted by Gasteiger charge is -2.20. The van der Waals surface area contributed by atoms with Crippen LogP contribution in [-0.4, -0.2) is 45.9 Å². The summed E-state index contributed by atoms with van der Waals surface area (Å²) < 4.78 is 63.7. The average Bonchev–Trinajstić information content (AvgIpc) is 2.79. The van der Waals surface area contributed by atoms with Gasteiger partial charge in [-0.1, -0.05) is 19.9 Å². The molecule has 0 bridgehead atoms. The zero-order valence-corrected chi connectivity index (χ0v) is 20.0. The van der Waals surface area contributed by atoms with Gasteiger partial charge in [0.15, 0.2) is 0 Å². The number of primary sulfonamides is 1. The van der Waals surface area contributed by atoms with Crippen LogP contribution in [0.3, 0.4) is 0 Å². The predicted octanol–water partition coefficient (Wildman–Crippen LogP) is 5.15. The van der Waals surface area contributed by atoms with Gasteiger partial charge in [0.05, 0.1) is 10.6 Å². The first-order valence-electron chi connectivity index (χ1n) is 10.2. The summed E-state index contributed by atoms with van der Waals surface area (Å²) in [5, 5.41) is 7.71. The van der Waals surface area contributed by atoms with Crippen LogP contribution in [0, 0.1) is 0 Å². The fourth-order valence-electron chi connectivity index (χ4n) is 2.17. The van der Waals surface area contributed by atoms with Crippen molar-refractivity contribution in [1.82, 2.24) is 0 Å². The molecule has 10 heteroatoms. The van der Waals surface area contributed by atoms with Gasteiger partial charge < -0.3 is 5.32 Å². The quantitative estimate of drug-likeness (QED) is 0.434. The number of allylic oxidation sites excluding steroid dienone is 3. The Labute approximate surface area is 189 Å². The summed E-state index contributed by atoms with van der Waals surface area (Å²) in [6.07, 6.45) is 4.92. The number of hydrogen-bond acceptors (Lipinski definition) is 5. The van der Waals surface area contributed by atoms with Crippen LogP contribution in [0.5, 0.6) is 0 Å². The number of aliphatic imine (C=N–C) groups is 2. The minimum atomic E-state index is -3.86. The molecule has 1 aromatic carbocycles. The number of nitrogens with one attached hydrogen (secondary N) is 1. The Morgan fingerprint density at radius 1 is 1.16 bits per heavy atom. The molecule has 0 heterocycles. The van der Waals surface area contributed by atoms with Gasteiger partial charge in [-0.15, -0.1) is 0 Å². The minimum Gasteiger partial charge on any atom is -0.360 e. The highest BCUT2D eigenvalue weighted by Gasteiger charge is 2.35. The van der Waals surface area contributed by atoms with Crippen LogP contribution in [0.1, 0.15) is 41.0 Å². The Hall–Kier alpha value is -2.46. The van der Waals surface area contributed by atoms with Crippen molar-refractivity contribution in [3.63, 3.8) is 0 Å². The van der Waals surface area contributed by atoms with E-state index in [1.165, 1.54) is 24.3 Å². The standard InChI is InChI=1S/C20H27F3N4O2S.C2H6/c1-4-25-11-15(2)5-6-16(3)27-19(20(23,13-21)14-22)12-26-17-7-9-18(10-8-17)30(24,28)29;1-2/h5,7-12,26H,4,6,13-14H2,1-3H3,(H2,24,28,29);1-2H3/b15-5-,19-12-,25-11?,27-16?;. The van der Waals surface area contributed by atoms with Crippen molar-refractivity contribution >= 4 is 27.6 Å². The molecule has 0 saturated heterocycles. The number of anilines is 1. The van der Waals surface area contributed by atoms with Gasteiger partial charge in [-0.05, 0) is 50.6 Å². The molecule has 180 valence electrons. The number of nitrogens with zero attached hydrogens (tertiary/aromatic N) is 2. The summed E-state index contributed by atoms with van der Waals surface area (Å²) in [4.78, 5) is 8.07. The first kappa shape index (κ1) is 29.5. The van der Waals surface area contributed by atoms with Gasteiger partial charge in [0.25, 0.3) is 0 Å². The number of rotatable bonds is 11. The molecule has 0 aliphatic rings. The van der Waals surface area contributed by atoms with Gasteiger partial charge in [0.2, 0.25) is 15.7 Å². The second kappa shape index (κ2) is 14.6. The van der Waals surface area contributed by atoms with Gasteiger partial charge in [-0.25, -0.2) is 26.7 Å². The number of nitrogens with two attached hydrogens (primary N) is 1. The molecule has 0 radical (unpaired) electrons. The molecule has 1 aromatic rings. The van der Waals surface area contributed by atoms with Crippen molar-refractivity contribution in [3.05, 3.63) is 47.8 Å². The molecule has 0 aromatic heterocycles. The van der Waals surface area contributed by atoms with E-state index in [9.17, 15) is 21.6 Å².